The summed E-state index contributed by atoms with van der Waals surface area (Å²) in [5.74, 6) is -1.29. The number of rotatable bonds is 10. The van der Waals surface area contributed by atoms with Crippen molar-refractivity contribution in [1.82, 2.24) is 14.8 Å². The average molecular weight is 674 g/mol. The molecule has 2 aromatic heterocycles. The minimum atomic E-state index is -0.641. The molecule has 10 nitrogen and oxygen atoms in total. The number of thioether (sulfide) groups is 1. The number of phenols is 1. The SMILES string of the molecule is CCOC(=O)c1sc(NC(=O)CSc2nnc(-c3cc(Br)ccc3O)n2-c2ccc(C)cc2C)c(C(=O)OCC)c1C. The first kappa shape index (κ1) is 31.3. The second kappa shape index (κ2) is 13.5. The van der Waals surface area contributed by atoms with Crippen LogP contribution in [0.5, 0.6) is 5.75 Å². The van der Waals surface area contributed by atoms with Crippen molar-refractivity contribution in [3.63, 3.8) is 0 Å². The Kier molecular flexibility index (Phi) is 10.1. The van der Waals surface area contributed by atoms with Crippen LogP contribution in [-0.2, 0) is 14.3 Å². The number of nitrogens with zero attached hydrogens (tertiary/aromatic N) is 3. The number of carbonyl (C=O) groups is 3. The Bertz CT molecular complexity index is 1670. The van der Waals surface area contributed by atoms with Crippen molar-refractivity contribution < 1.29 is 29.0 Å². The van der Waals surface area contributed by atoms with Crippen molar-refractivity contribution in [3.05, 3.63) is 68.0 Å². The fraction of sp³-hybridized carbons (Fsp3) is 0.276. The largest absolute Gasteiger partial charge is 0.507 e. The van der Waals surface area contributed by atoms with Crippen LogP contribution in [0.3, 0.4) is 0 Å². The highest BCUT2D eigenvalue weighted by Gasteiger charge is 2.28. The van der Waals surface area contributed by atoms with Crippen molar-refractivity contribution in [2.75, 3.05) is 24.3 Å². The van der Waals surface area contributed by atoms with Crippen LogP contribution in [0.4, 0.5) is 5.00 Å². The molecule has 0 saturated heterocycles. The molecule has 2 aromatic carbocycles. The summed E-state index contributed by atoms with van der Waals surface area (Å²) in [6.45, 7) is 9.24. The van der Waals surface area contributed by atoms with Gasteiger partial charge in [-0.3, -0.25) is 9.36 Å². The Hall–Kier alpha value is -3.68. The number of ether oxygens (including phenoxy) is 2. The molecule has 0 radical (unpaired) electrons. The molecular weight excluding hydrogens is 644 g/mol. The first-order valence-electron chi connectivity index (χ1n) is 13.0. The van der Waals surface area contributed by atoms with Gasteiger partial charge in [-0.15, -0.1) is 21.5 Å². The summed E-state index contributed by atoms with van der Waals surface area (Å²) in [4.78, 5) is 38.6. The number of nitrogens with one attached hydrogen (secondary N) is 1. The van der Waals surface area contributed by atoms with E-state index in [4.69, 9.17) is 9.47 Å². The van der Waals surface area contributed by atoms with Crippen molar-refractivity contribution in [2.45, 2.75) is 39.8 Å². The number of carbonyl (C=O) groups excluding carboxylic acids is 3. The van der Waals surface area contributed by atoms with Gasteiger partial charge >= 0.3 is 11.9 Å². The van der Waals surface area contributed by atoms with Gasteiger partial charge < -0.3 is 19.9 Å². The molecule has 2 heterocycles. The van der Waals surface area contributed by atoms with E-state index in [-0.39, 0.29) is 40.2 Å². The maximum absolute atomic E-state index is 13.2. The molecule has 2 N–H and O–H groups in total. The maximum Gasteiger partial charge on any atom is 0.348 e. The van der Waals surface area contributed by atoms with Gasteiger partial charge in [-0.25, -0.2) is 9.59 Å². The van der Waals surface area contributed by atoms with Crippen LogP contribution >= 0.6 is 39.0 Å². The molecule has 0 saturated carbocycles. The number of esters is 2. The Morgan fingerprint density at radius 2 is 1.74 bits per heavy atom. The Morgan fingerprint density at radius 3 is 2.43 bits per heavy atom. The number of amides is 1. The third-order valence-electron chi connectivity index (χ3n) is 6.10. The van der Waals surface area contributed by atoms with Crippen molar-refractivity contribution in [2.24, 2.45) is 0 Å². The molecule has 0 fully saturated rings. The van der Waals surface area contributed by atoms with Crippen LogP contribution in [0.15, 0.2) is 46.0 Å². The van der Waals surface area contributed by atoms with Gasteiger partial charge in [0.15, 0.2) is 11.0 Å². The van der Waals surface area contributed by atoms with Gasteiger partial charge in [0.05, 0.1) is 35.8 Å². The van der Waals surface area contributed by atoms with Crippen LogP contribution < -0.4 is 5.32 Å². The van der Waals surface area contributed by atoms with Gasteiger partial charge in [0.1, 0.15) is 15.6 Å². The third-order valence-corrected chi connectivity index (χ3v) is 8.71. The van der Waals surface area contributed by atoms with Crippen LogP contribution in [0.1, 0.15) is 50.6 Å². The van der Waals surface area contributed by atoms with E-state index in [0.29, 0.717) is 22.1 Å². The van der Waals surface area contributed by atoms with E-state index in [1.165, 1.54) is 0 Å². The third kappa shape index (κ3) is 6.69. The molecule has 0 aliphatic carbocycles. The van der Waals surface area contributed by atoms with Crippen molar-refractivity contribution in [3.8, 4) is 22.8 Å². The zero-order valence-electron chi connectivity index (χ0n) is 23.6. The van der Waals surface area contributed by atoms with Gasteiger partial charge in [-0.2, -0.15) is 0 Å². The highest BCUT2D eigenvalue weighted by molar-refractivity contribution is 9.10. The molecule has 4 rings (SSSR count). The summed E-state index contributed by atoms with van der Waals surface area (Å²) in [6, 6.07) is 11.0. The highest BCUT2D eigenvalue weighted by atomic mass is 79.9. The Balaban J connectivity index is 1.66. The fourth-order valence-corrected chi connectivity index (χ4v) is 6.44. The van der Waals surface area contributed by atoms with E-state index in [2.05, 4.69) is 31.4 Å². The van der Waals surface area contributed by atoms with E-state index < -0.39 is 17.8 Å². The predicted octanol–water partition coefficient (Wildman–Crippen LogP) is 6.47. The van der Waals surface area contributed by atoms with E-state index in [9.17, 15) is 19.5 Å². The molecule has 1 amide bonds. The summed E-state index contributed by atoms with van der Waals surface area (Å²) < 4.78 is 12.8. The van der Waals surface area contributed by atoms with Crippen molar-refractivity contribution in [1.29, 1.82) is 0 Å². The first-order chi connectivity index (χ1) is 20.0. The number of benzene rings is 2. The molecule has 0 aliphatic rings. The van der Waals surface area contributed by atoms with E-state index >= 15 is 0 Å². The summed E-state index contributed by atoms with van der Waals surface area (Å²) >= 11 is 5.55. The van der Waals surface area contributed by atoms with Crippen LogP contribution in [-0.4, -0.2) is 56.7 Å². The number of anilines is 1. The average Bonchev–Trinajstić information content (AvgIpc) is 3.49. The number of aromatic hydroxyl groups is 1. The molecule has 0 spiro atoms. The monoisotopic (exact) mass is 672 g/mol. The molecule has 4 aromatic rings. The number of hydrogen-bond donors (Lipinski definition) is 2. The topological polar surface area (TPSA) is 133 Å². The molecule has 0 unspecified atom stereocenters. The lowest BCUT2D eigenvalue weighted by Gasteiger charge is -2.14. The van der Waals surface area contributed by atoms with Gasteiger partial charge in [0, 0.05) is 4.47 Å². The lowest BCUT2D eigenvalue weighted by atomic mass is 10.1. The summed E-state index contributed by atoms with van der Waals surface area (Å²) in [7, 11) is 0. The number of phenolic OH excluding ortho intramolecular Hbond substituents is 1. The Labute approximate surface area is 259 Å². The van der Waals surface area contributed by atoms with Gasteiger partial charge in [0.25, 0.3) is 0 Å². The fourth-order valence-electron chi connectivity index (χ4n) is 4.23. The zero-order valence-corrected chi connectivity index (χ0v) is 26.8. The number of aryl methyl sites for hydroxylation is 2. The molecule has 13 heteroatoms. The number of thiophene rings is 1. The standard InChI is InChI=1S/C29H29BrN4O6S2/c1-6-39-27(37)23-17(5)24(28(38)40-7-2)42-26(23)31-22(36)14-41-29-33-32-25(19-13-18(30)9-11-21(19)35)34(29)20-10-8-15(3)12-16(20)4/h8-13,35H,6-7,14H2,1-5H3,(H,31,36). The van der Waals surface area contributed by atoms with Gasteiger partial charge in [0.2, 0.25) is 5.91 Å². The second-order valence-electron chi connectivity index (χ2n) is 9.13. The number of aromatic nitrogens is 3. The highest BCUT2D eigenvalue weighted by Crippen LogP contribution is 2.37. The lowest BCUT2D eigenvalue weighted by molar-refractivity contribution is -0.113. The quantitative estimate of drug-likeness (QED) is 0.144. The first-order valence-corrected chi connectivity index (χ1v) is 15.6. The van der Waals surface area contributed by atoms with E-state index in [0.717, 1.165) is 44.4 Å². The number of hydrogen-bond acceptors (Lipinski definition) is 10. The smallest absolute Gasteiger partial charge is 0.348 e. The lowest BCUT2D eigenvalue weighted by Crippen LogP contribution is -2.17. The van der Waals surface area contributed by atoms with Crippen LogP contribution in [0.25, 0.3) is 17.1 Å². The minimum Gasteiger partial charge on any atom is -0.507 e. The van der Waals surface area contributed by atoms with E-state index in [1.807, 2.05) is 32.0 Å². The maximum atomic E-state index is 13.2. The predicted molar refractivity (Wildman–Crippen MR) is 166 cm³/mol. The molecule has 0 aliphatic heterocycles. The molecule has 42 heavy (non-hydrogen) atoms. The summed E-state index contributed by atoms with van der Waals surface area (Å²) in [5, 5.41) is 22.7. The van der Waals surface area contributed by atoms with Gasteiger partial charge in [-0.05, 0) is 70.0 Å². The van der Waals surface area contributed by atoms with Crippen LogP contribution in [0.2, 0.25) is 0 Å². The normalized spacial score (nSPS) is 10.9. The Morgan fingerprint density at radius 1 is 1.02 bits per heavy atom. The summed E-state index contributed by atoms with van der Waals surface area (Å²) in [6.07, 6.45) is 0. The summed E-state index contributed by atoms with van der Waals surface area (Å²) in [5.41, 5.74) is 3.79. The second-order valence-corrected chi connectivity index (χ2v) is 12.0. The van der Waals surface area contributed by atoms with E-state index in [1.54, 1.807) is 43.5 Å². The molecule has 220 valence electrons. The van der Waals surface area contributed by atoms with Crippen molar-refractivity contribution >= 4 is 61.9 Å². The van der Waals surface area contributed by atoms with Crippen LogP contribution in [0, 0.1) is 20.8 Å². The minimum absolute atomic E-state index is 0.0304. The zero-order chi connectivity index (χ0) is 30.6. The molecule has 0 atom stereocenters. The molecule has 0 bridgehead atoms. The number of halogens is 1. The molecular formula is C29H29BrN4O6S2. The van der Waals surface area contributed by atoms with Gasteiger partial charge in [-0.1, -0.05) is 45.4 Å².